The topological polar surface area (TPSA) is 46.5 Å². The Kier molecular flexibility index (Phi) is 3.85. The third-order valence-electron chi connectivity index (χ3n) is 1.84. The second-order valence-corrected chi connectivity index (χ2v) is 4.12. The standard InChI is InChI=1S/C13H16O3/c1-10(14)16-12-7-5-4-6-11(12)8-9-13(2,3)15/h4-9,15H,1-3H3/b9-8-. The maximum atomic E-state index is 10.9. The van der Waals surface area contributed by atoms with E-state index >= 15 is 0 Å². The van der Waals surface area contributed by atoms with Crippen molar-refractivity contribution < 1.29 is 14.6 Å². The summed E-state index contributed by atoms with van der Waals surface area (Å²) in [6.45, 7) is 4.71. The van der Waals surface area contributed by atoms with Crippen LogP contribution in [-0.4, -0.2) is 16.7 Å². The van der Waals surface area contributed by atoms with Crippen molar-refractivity contribution in [2.75, 3.05) is 0 Å². The van der Waals surface area contributed by atoms with Crippen molar-refractivity contribution in [3.05, 3.63) is 35.9 Å². The maximum absolute atomic E-state index is 10.9. The van der Waals surface area contributed by atoms with Gasteiger partial charge in [0.2, 0.25) is 0 Å². The van der Waals surface area contributed by atoms with E-state index in [2.05, 4.69) is 0 Å². The van der Waals surface area contributed by atoms with Gasteiger partial charge in [-0.15, -0.1) is 0 Å². The summed E-state index contributed by atoms with van der Waals surface area (Å²) in [5.41, 5.74) is -0.122. The van der Waals surface area contributed by atoms with Crippen LogP contribution >= 0.6 is 0 Å². The summed E-state index contributed by atoms with van der Waals surface area (Å²) >= 11 is 0. The zero-order valence-corrected chi connectivity index (χ0v) is 9.73. The molecule has 1 aromatic carbocycles. The molecule has 3 heteroatoms. The predicted octanol–water partition coefficient (Wildman–Crippen LogP) is 2.40. The lowest BCUT2D eigenvalue weighted by molar-refractivity contribution is -0.131. The molecule has 0 aliphatic heterocycles. The fourth-order valence-corrected chi connectivity index (χ4v) is 1.16. The molecule has 0 amide bonds. The highest BCUT2D eigenvalue weighted by Gasteiger charge is 2.08. The highest BCUT2D eigenvalue weighted by Crippen LogP contribution is 2.20. The van der Waals surface area contributed by atoms with Crippen LogP contribution in [0.25, 0.3) is 6.08 Å². The van der Waals surface area contributed by atoms with E-state index in [1.165, 1.54) is 6.92 Å². The number of carbonyl (C=O) groups is 1. The third kappa shape index (κ3) is 4.28. The monoisotopic (exact) mass is 220 g/mol. The van der Waals surface area contributed by atoms with E-state index in [0.717, 1.165) is 5.56 Å². The number of ether oxygens (including phenoxy) is 1. The Hall–Kier alpha value is -1.61. The van der Waals surface area contributed by atoms with Gasteiger partial charge in [0, 0.05) is 12.5 Å². The van der Waals surface area contributed by atoms with E-state index in [0.29, 0.717) is 5.75 Å². The number of rotatable bonds is 3. The molecule has 0 spiro atoms. The van der Waals surface area contributed by atoms with Crippen LogP contribution in [-0.2, 0) is 4.79 Å². The molecule has 0 unspecified atom stereocenters. The Morgan fingerprint density at radius 3 is 2.56 bits per heavy atom. The van der Waals surface area contributed by atoms with Gasteiger partial charge < -0.3 is 9.84 Å². The molecular weight excluding hydrogens is 204 g/mol. The van der Waals surface area contributed by atoms with Crippen LogP contribution in [0.3, 0.4) is 0 Å². The van der Waals surface area contributed by atoms with E-state index < -0.39 is 5.60 Å². The molecule has 0 aliphatic rings. The highest BCUT2D eigenvalue weighted by molar-refractivity contribution is 5.71. The first-order valence-electron chi connectivity index (χ1n) is 5.07. The van der Waals surface area contributed by atoms with Crippen LogP contribution < -0.4 is 4.74 Å². The zero-order valence-electron chi connectivity index (χ0n) is 9.73. The lowest BCUT2D eigenvalue weighted by atomic mass is 10.1. The summed E-state index contributed by atoms with van der Waals surface area (Å²) in [5.74, 6) is 0.139. The van der Waals surface area contributed by atoms with E-state index in [-0.39, 0.29) is 5.97 Å². The zero-order chi connectivity index (χ0) is 12.2. The second kappa shape index (κ2) is 4.94. The first-order chi connectivity index (χ1) is 7.38. The quantitative estimate of drug-likeness (QED) is 0.628. The summed E-state index contributed by atoms with van der Waals surface area (Å²) in [6, 6.07) is 7.17. The number of hydrogen-bond acceptors (Lipinski definition) is 3. The van der Waals surface area contributed by atoms with Crippen LogP contribution in [0.2, 0.25) is 0 Å². The van der Waals surface area contributed by atoms with Crippen molar-refractivity contribution >= 4 is 12.0 Å². The van der Waals surface area contributed by atoms with Gasteiger partial charge in [-0.3, -0.25) is 4.79 Å². The molecule has 0 bridgehead atoms. The second-order valence-electron chi connectivity index (χ2n) is 4.12. The minimum Gasteiger partial charge on any atom is -0.426 e. The lowest BCUT2D eigenvalue weighted by Gasteiger charge is -2.11. The minimum atomic E-state index is -0.886. The number of esters is 1. The van der Waals surface area contributed by atoms with Crippen LogP contribution in [0.15, 0.2) is 30.3 Å². The lowest BCUT2D eigenvalue weighted by Crippen LogP contribution is -2.13. The molecule has 3 nitrogen and oxygen atoms in total. The van der Waals surface area contributed by atoms with Gasteiger partial charge in [0.1, 0.15) is 5.75 Å². The van der Waals surface area contributed by atoms with Gasteiger partial charge in [-0.05, 0) is 19.9 Å². The number of aliphatic hydroxyl groups is 1. The maximum Gasteiger partial charge on any atom is 0.308 e. The SMILES string of the molecule is CC(=O)Oc1ccccc1/C=C\C(C)(C)O. The molecule has 86 valence electrons. The van der Waals surface area contributed by atoms with Gasteiger partial charge >= 0.3 is 5.97 Å². The Morgan fingerprint density at radius 2 is 2.00 bits per heavy atom. The van der Waals surface area contributed by atoms with Crippen molar-refractivity contribution in [1.29, 1.82) is 0 Å². The van der Waals surface area contributed by atoms with E-state index in [4.69, 9.17) is 4.74 Å². The summed E-state index contributed by atoms with van der Waals surface area (Å²) in [4.78, 5) is 10.9. The minimum absolute atomic E-state index is 0.357. The Labute approximate surface area is 95.4 Å². The van der Waals surface area contributed by atoms with Crippen molar-refractivity contribution in [3.8, 4) is 5.75 Å². The Balaban J connectivity index is 2.95. The largest absolute Gasteiger partial charge is 0.426 e. The molecule has 0 heterocycles. The average Bonchev–Trinajstić information content (AvgIpc) is 2.14. The molecule has 0 atom stereocenters. The molecule has 0 aromatic heterocycles. The van der Waals surface area contributed by atoms with Crippen molar-refractivity contribution in [3.63, 3.8) is 0 Å². The fraction of sp³-hybridized carbons (Fsp3) is 0.308. The number of para-hydroxylation sites is 1. The van der Waals surface area contributed by atoms with Gasteiger partial charge in [0.05, 0.1) is 5.60 Å². The molecule has 0 radical (unpaired) electrons. The van der Waals surface area contributed by atoms with Gasteiger partial charge in [-0.1, -0.05) is 30.4 Å². The van der Waals surface area contributed by atoms with E-state index in [1.54, 1.807) is 38.1 Å². The molecule has 0 saturated carbocycles. The van der Waals surface area contributed by atoms with E-state index in [1.807, 2.05) is 12.1 Å². The van der Waals surface area contributed by atoms with Crippen LogP contribution in [0.4, 0.5) is 0 Å². The van der Waals surface area contributed by atoms with Gasteiger partial charge in [0.15, 0.2) is 0 Å². The van der Waals surface area contributed by atoms with Gasteiger partial charge in [-0.25, -0.2) is 0 Å². The summed E-state index contributed by atoms with van der Waals surface area (Å²) < 4.78 is 5.04. The molecule has 16 heavy (non-hydrogen) atoms. The van der Waals surface area contributed by atoms with Crippen LogP contribution in [0, 0.1) is 0 Å². The highest BCUT2D eigenvalue weighted by atomic mass is 16.5. The van der Waals surface area contributed by atoms with Crippen LogP contribution in [0.5, 0.6) is 5.75 Å². The molecule has 1 rings (SSSR count). The first kappa shape index (κ1) is 12.5. The summed E-state index contributed by atoms with van der Waals surface area (Å²) in [6.07, 6.45) is 3.38. The molecule has 1 N–H and O–H groups in total. The predicted molar refractivity (Wildman–Crippen MR) is 63.1 cm³/mol. The number of hydrogen-bond donors (Lipinski definition) is 1. The van der Waals surface area contributed by atoms with Gasteiger partial charge in [-0.2, -0.15) is 0 Å². The van der Waals surface area contributed by atoms with Gasteiger partial charge in [0.25, 0.3) is 0 Å². The molecular formula is C13H16O3. The molecule has 0 aliphatic carbocycles. The summed E-state index contributed by atoms with van der Waals surface area (Å²) in [5, 5.41) is 9.56. The van der Waals surface area contributed by atoms with E-state index in [9.17, 15) is 9.90 Å². The first-order valence-corrected chi connectivity index (χ1v) is 5.07. The van der Waals surface area contributed by atoms with Crippen molar-refractivity contribution in [2.24, 2.45) is 0 Å². The Morgan fingerprint density at radius 1 is 1.38 bits per heavy atom. The van der Waals surface area contributed by atoms with Crippen molar-refractivity contribution in [1.82, 2.24) is 0 Å². The molecule has 0 fully saturated rings. The molecule has 1 aromatic rings. The fourth-order valence-electron chi connectivity index (χ4n) is 1.16. The number of carbonyl (C=O) groups excluding carboxylic acids is 1. The smallest absolute Gasteiger partial charge is 0.308 e. The van der Waals surface area contributed by atoms with Crippen LogP contribution in [0.1, 0.15) is 26.3 Å². The Bertz CT molecular complexity index is 400. The molecule has 0 saturated heterocycles. The average molecular weight is 220 g/mol. The van der Waals surface area contributed by atoms with Crippen molar-refractivity contribution in [2.45, 2.75) is 26.4 Å². The number of benzene rings is 1. The third-order valence-corrected chi connectivity index (χ3v) is 1.84. The summed E-state index contributed by atoms with van der Waals surface area (Å²) in [7, 11) is 0. The normalized spacial score (nSPS) is 11.8.